The Kier molecular flexibility index (Phi) is 10.0. The molecule has 11 nitrogen and oxygen atoms in total. The molecule has 16 heteroatoms. The quantitative estimate of drug-likeness (QED) is 0.129. The van der Waals surface area contributed by atoms with Crippen LogP contribution >= 0.6 is 22.9 Å². The van der Waals surface area contributed by atoms with E-state index in [1.807, 2.05) is 12.1 Å². The van der Waals surface area contributed by atoms with Crippen LogP contribution in [0.5, 0.6) is 11.5 Å². The lowest BCUT2D eigenvalue weighted by Gasteiger charge is -2.32. The molecule has 252 valence electrons. The lowest BCUT2D eigenvalue weighted by Crippen LogP contribution is -2.44. The monoisotopic (exact) mass is 700 g/mol. The molecule has 0 radical (unpaired) electrons. The minimum atomic E-state index is -4.65. The molecule has 3 heterocycles. The fourth-order valence-corrected chi connectivity index (χ4v) is 6.38. The molecule has 3 aromatic carbocycles. The van der Waals surface area contributed by atoms with Gasteiger partial charge in [0.05, 0.1) is 40.0 Å². The first-order valence-electron chi connectivity index (χ1n) is 15.0. The second-order valence-corrected chi connectivity index (χ2v) is 12.6. The number of anilines is 4. The summed E-state index contributed by atoms with van der Waals surface area (Å²) >= 11 is 7.01. The number of urea groups is 1. The van der Waals surface area contributed by atoms with E-state index in [0.29, 0.717) is 51.2 Å². The number of nitrogens with zero attached hydrogens (tertiary/aromatic N) is 5. The van der Waals surface area contributed by atoms with Gasteiger partial charge in [0.15, 0.2) is 16.6 Å². The number of piperazine rings is 1. The molecule has 1 aliphatic heterocycles. The number of fused-ring (bicyclic) bond motifs is 2. The first-order chi connectivity index (χ1) is 23.1. The normalized spacial score (nSPS) is 14.3. The Morgan fingerprint density at radius 3 is 2.48 bits per heavy atom. The van der Waals surface area contributed by atoms with Gasteiger partial charge in [-0.25, -0.2) is 19.7 Å². The fraction of sp³-hybridized carbons (Fsp3) is 0.312. The van der Waals surface area contributed by atoms with Crippen molar-refractivity contribution >= 4 is 72.4 Å². The molecule has 1 fully saturated rings. The highest BCUT2D eigenvalue weighted by Gasteiger charge is 2.33. The largest absolute Gasteiger partial charge is 0.493 e. The van der Waals surface area contributed by atoms with Crippen LogP contribution in [-0.4, -0.2) is 84.3 Å². The highest BCUT2D eigenvalue weighted by Crippen LogP contribution is 2.38. The van der Waals surface area contributed by atoms with E-state index >= 15 is 0 Å². The van der Waals surface area contributed by atoms with Crippen LogP contribution in [0.15, 0.2) is 54.9 Å². The molecule has 0 atom stereocenters. The zero-order valence-electron chi connectivity index (χ0n) is 26.0. The van der Waals surface area contributed by atoms with E-state index in [9.17, 15) is 18.0 Å². The molecule has 6 rings (SSSR count). The van der Waals surface area contributed by atoms with Crippen LogP contribution in [0.25, 0.3) is 21.1 Å². The van der Waals surface area contributed by atoms with Gasteiger partial charge in [-0.1, -0.05) is 22.9 Å². The number of amides is 2. The minimum absolute atomic E-state index is 0.0526. The van der Waals surface area contributed by atoms with E-state index in [0.717, 1.165) is 56.0 Å². The SMILES string of the molecule is COc1cc2c(Nc3nc4ccc(NC(=O)Nc5ccc(Cl)c(C(F)(F)F)c5)cc4s3)ncnc2cc1OCCCN1CCN(C)CC1. The van der Waals surface area contributed by atoms with Crippen LogP contribution in [0.4, 0.5) is 40.3 Å². The Morgan fingerprint density at radius 2 is 1.73 bits per heavy atom. The van der Waals surface area contributed by atoms with Gasteiger partial charge in [-0.2, -0.15) is 13.2 Å². The standard InChI is InChI=1S/C32H32ClF3N8O3S/c1-43-9-11-44(12-10-43)8-3-13-47-27-17-25-21(16-26(27)46-2)29(38-18-37-25)42-31-41-24-7-5-20(15-28(24)48-31)40-30(45)39-19-4-6-23(33)22(14-19)32(34,35)36/h4-7,14-18H,3,8-13H2,1-2H3,(H2,39,40,45)(H,37,38,41,42). The number of carbonyl (C=O) groups excluding carboxylic acids is 1. The molecule has 0 spiro atoms. The third-order valence-electron chi connectivity index (χ3n) is 7.79. The second kappa shape index (κ2) is 14.4. The highest BCUT2D eigenvalue weighted by molar-refractivity contribution is 7.22. The van der Waals surface area contributed by atoms with Crippen molar-refractivity contribution in [2.75, 3.05) is 69.4 Å². The third kappa shape index (κ3) is 7.98. The number of benzene rings is 3. The number of ether oxygens (including phenoxy) is 2. The van der Waals surface area contributed by atoms with Gasteiger partial charge in [0.25, 0.3) is 0 Å². The molecule has 0 unspecified atom stereocenters. The van der Waals surface area contributed by atoms with Crippen molar-refractivity contribution in [2.24, 2.45) is 0 Å². The van der Waals surface area contributed by atoms with Gasteiger partial charge in [-0.05, 0) is 55.9 Å². The number of carbonyl (C=O) groups is 1. The molecular formula is C32H32ClF3N8O3S. The first-order valence-corrected chi connectivity index (χ1v) is 16.2. The molecule has 0 aliphatic carbocycles. The Balaban J connectivity index is 1.11. The Morgan fingerprint density at radius 1 is 0.979 bits per heavy atom. The van der Waals surface area contributed by atoms with Gasteiger partial charge in [0, 0.05) is 55.6 Å². The first kappa shape index (κ1) is 33.5. The predicted molar refractivity (Wildman–Crippen MR) is 182 cm³/mol. The number of hydrogen-bond acceptors (Lipinski definition) is 10. The number of aromatic nitrogens is 3. The fourth-order valence-electron chi connectivity index (χ4n) is 5.25. The number of rotatable bonds is 10. The molecule has 1 saturated heterocycles. The van der Waals surface area contributed by atoms with Crippen LogP contribution in [0.1, 0.15) is 12.0 Å². The van der Waals surface area contributed by atoms with Gasteiger partial charge in [0.1, 0.15) is 12.1 Å². The van der Waals surface area contributed by atoms with Crippen molar-refractivity contribution in [1.82, 2.24) is 24.8 Å². The summed E-state index contributed by atoms with van der Waals surface area (Å²) in [5.41, 5.74) is 0.675. The number of halogens is 4. The molecule has 1 aliphatic rings. The lowest BCUT2D eigenvalue weighted by atomic mass is 10.2. The maximum absolute atomic E-state index is 13.2. The van der Waals surface area contributed by atoms with Gasteiger partial charge in [-0.15, -0.1) is 0 Å². The zero-order chi connectivity index (χ0) is 33.8. The summed E-state index contributed by atoms with van der Waals surface area (Å²) in [6.45, 7) is 5.81. The summed E-state index contributed by atoms with van der Waals surface area (Å²) in [6.07, 6.45) is -2.30. The van der Waals surface area contributed by atoms with Gasteiger partial charge in [-0.3, -0.25) is 0 Å². The van der Waals surface area contributed by atoms with Crippen molar-refractivity contribution in [3.63, 3.8) is 0 Å². The molecule has 5 aromatic rings. The van der Waals surface area contributed by atoms with Crippen molar-refractivity contribution in [3.8, 4) is 11.5 Å². The van der Waals surface area contributed by atoms with E-state index in [4.69, 9.17) is 21.1 Å². The van der Waals surface area contributed by atoms with Crippen molar-refractivity contribution in [1.29, 1.82) is 0 Å². The summed E-state index contributed by atoms with van der Waals surface area (Å²) in [5.74, 6) is 1.69. The molecule has 48 heavy (non-hydrogen) atoms. The molecule has 0 bridgehead atoms. The lowest BCUT2D eigenvalue weighted by molar-refractivity contribution is -0.137. The van der Waals surface area contributed by atoms with E-state index < -0.39 is 22.8 Å². The summed E-state index contributed by atoms with van der Waals surface area (Å²) in [5, 5.41) is 9.12. The van der Waals surface area contributed by atoms with Crippen LogP contribution in [0, 0.1) is 0 Å². The maximum Gasteiger partial charge on any atom is 0.417 e. The average molecular weight is 701 g/mol. The maximum atomic E-state index is 13.2. The minimum Gasteiger partial charge on any atom is -0.493 e. The van der Waals surface area contributed by atoms with Gasteiger partial charge in [0.2, 0.25) is 0 Å². The van der Waals surface area contributed by atoms with E-state index in [2.05, 4.69) is 47.7 Å². The summed E-state index contributed by atoms with van der Waals surface area (Å²) in [7, 11) is 3.73. The number of nitrogens with one attached hydrogen (secondary N) is 3. The Hall–Kier alpha value is -4.44. The molecule has 3 N–H and O–H groups in total. The Labute approximate surface area is 283 Å². The van der Waals surface area contributed by atoms with Crippen LogP contribution < -0.4 is 25.4 Å². The number of hydrogen-bond donors (Lipinski definition) is 3. The van der Waals surface area contributed by atoms with E-state index in [1.165, 1.54) is 23.7 Å². The number of likely N-dealkylation sites (N-methyl/N-ethyl adjacent to an activating group) is 1. The molecule has 0 saturated carbocycles. The number of methoxy groups -OCH3 is 1. The van der Waals surface area contributed by atoms with Crippen molar-refractivity contribution < 1.29 is 27.4 Å². The average Bonchev–Trinajstić information content (AvgIpc) is 3.45. The number of alkyl halides is 3. The topological polar surface area (TPSA) is 117 Å². The van der Waals surface area contributed by atoms with Gasteiger partial charge < -0.3 is 35.2 Å². The summed E-state index contributed by atoms with van der Waals surface area (Å²) in [4.78, 5) is 30.8. The molecule has 2 aromatic heterocycles. The van der Waals surface area contributed by atoms with Crippen LogP contribution in [-0.2, 0) is 6.18 Å². The molecule has 2 amide bonds. The zero-order valence-corrected chi connectivity index (χ0v) is 27.6. The smallest absolute Gasteiger partial charge is 0.417 e. The van der Waals surface area contributed by atoms with Gasteiger partial charge >= 0.3 is 12.2 Å². The second-order valence-electron chi connectivity index (χ2n) is 11.2. The van der Waals surface area contributed by atoms with E-state index in [1.54, 1.807) is 25.3 Å². The van der Waals surface area contributed by atoms with Crippen LogP contribution in [0.3, 0.4) is 0 Å². The van der Waals surface area contributed by atoms with Crippen molar-refractivity contribution in [3.05, 3.63) is 65.4 Å². The third-order valence-corrected chi connectivity index (χ3v) is 9.06. The van der Waals surface area contributed by atoms with Crippen molar-refractivity contribution in [2.45, 2.75) is 12.6 Å². The number of thiazole rings is 1. The van der Waals surface area contributed by atoms with Crippen LogP contribution in [0.2, 0.25) is 5.02 Å². The molecular weight excluding hydrogens is 669 g/mol. The summed E-state index contributed by atoms with van der Waals surface area (Å²) in [6, 6.07) is 11.2. The Bertz CT molecular complexity index is 1930. The highest BCUT2D eigenvalue weighted by atomic mass is 35.5. The van der Waals surface area contributed by atoms with E-state index in [-0.39, 0.29) is 5.69 Å². The summed E-state index contributed by atoms with van der Waals surface area (Å²) < 4.78 is 52.1. The predicted octanol–water partition coefficient (Wildman–Crippen LogP) is 7.32.